The number of nitrogens with two attached hydrogens (primary N) is 1. The molecule has 9 heteroatoms. The van der Waals surface area contributed by atoms with E-state index < -0.39 is 40.5 Å². The van der Waals surface area contributed by atoms with Gasteiger partial charge in [0.1, 0.15) is 6.07 Å². The van der Waals surface area contributed by atoms with Gasteiger partial charge in [-0.05, 0) is 12.1 Å². The standard InChI is InChI=1S/C10H4F6N2O/c11-9(12,13)6-2-1-4(8(18)19)7(5(6)3-17)10(14,15)16/h1-2H,(H2,18,19). The third-order valence-corrected chi connectivity index (χ3v) is 2.17. The van der Waals surface area contributed by atoms with E-state index in [4.69, 9.17) is 5.26 Å². The van der Waals surface area contributed by atoms with Crippen LogP contribution < -0.4 is 5.73 Å². The van der Waals surface area contributed by atoms with Crippen LogP contribution in [-0.4, -0.2) is 5.91 Å². The van der Waals surface area contributed by atoms with E-state index in [-0.39, 0.29) is 6.07 Å². The number of benzene rings is 1. The third kappa shape index (κ3) is 2.78. The minimum absolute atomic E-state index is 0.216. The van der Waals surface area contributed by atoms with Gasteiger partial charge in [0.05, 0.1) is 22.3 Å². The molecule has 0 aliphatic rings. The molecule has 0 aliphatic heterocycles. The highest BCUT2D eigenvalue weighted by Gasteiger charge is 2.43. The molecular weight excluding hydrogens is 278 g/mol. The van der Waals surface area contributed by atoms with Gasteiger partial charge in [0.2, 0.25) is 5.91 Å². The summed E-state index contributed by atoms with van der Waals surface area (Å²) in [6.07, 6.45) is -10.5. The van der Waals surface area contributed by atoms with E-state index in [0.717, 1.165) is 6.07 Å². The van der Waals surface area contributed by atoms with Gasteiger partial charge in [-0.3, -0.25) is 4.79 Å². The lowest BCUT2D eigenvalue weighted by Crippen LogP contribution is -2.23. The number of nitriles is 1. The van der Waals surface area contributed by atoms with Crippen molar-refractivity contribution >= 4 is 5.91 Å². The van der Waals surface area contributed by atoms with E-state index >= 15 is 0 Å². The van der Waals surface area contributed by atoms with Crippen LogP contribution in [0.25, 0.3) is 0 Å². The summed E-state index contributed by atoms with van der Waals surface area (Å²) in [7, 11) is 0. The molecule has 3 nitrogen and oxygen atoms in total. The fourth-order valence-corrected chi connectivity index (χ4v) is 1.45. The first-order chi connectivity index (χ1) is 8.50. The lowest BCUT2D eigenvalue weighted by molar-refractivity contribution is -0.143. The predicted molar refractivity (Wildman–Crippen MR) is 49.7 cm³/mol. The highest BCUT2D eigenvalue weighted by atomic mass is 19.4. The van der Waals surface area contributed by atoms with Crippen LogP contribution in [0.3, 0.4) is 0 Å². The molecule has 0 aromatic heterocycles. The number of amides is 1. The van der Waals surface area contributed by atoms with Crippen molar-refractivity contribution in [2.24, 2.45) is 5.73 Å². The lowest BCUT2D eigenvalue weighted by Gasteiger charge is -2.16. The van der Waals surface area contributed by atoms with Gasteiger partial charge in [0.25, 0.3) is 0 Å². The molecule has 0 spiro atoms. The Morgan fingerprint density at radius 1 is 1.11 bits per heavy atom. The maximum absolute atomic E-state index is 12.7. The number of hydrogen-bond donors (Lipinski definition) is 1. The summed E-state index contributed by atoms with van der Waals surface area (Å²) in [6, 6.07) is 1.34. The summed E-state index contributed by atoms with van der Waals surface area (Å²) >= 11 is 0. The van der Waals surface area contributed by atoms with Crippen molar-refractivity contribution in [3.05, 3.63) is 34.4 Å². The van der Waals surface area contributed by atoms with Crippen LogP contribution >= 0.6 is 0 Å². The van der Waals surface area contributed by atoms with Crippen LogP contribution in [0.1, 0.15) is 27.0 Å². The Bertz CT molecular complexity index is 567. The molecule has 0 unspecified atom stereocenters. The van der Waals surface area contributed by atoms with Gasteiger partial charge in [-0.15, -0.1) is 0 Å². The van der Waals surface area contributed by atoms with Crippen molar-refractivity contribution in [1.29, 1.82) is 5.26 Å². The van der Waals surface area contributed by atoms with E-state index in [9.17, 15) is 31.1 Å². The highest BCUT2D eigenvalue weighted by molar-refractivity contribution is 5.95. The Hall–Kier alpha value is -2.24. The van der Waals surface area contributed by atoms with Crippen LogP contribution in [0.5, 0.6) is 0 Å². The zero-order valence-electron chi connectivity index (χ0n) is 8.86. The number of nitrogens with zero attached hydrogens (tertiary/aromatic N) is 1. The minimum Gasteiger partial charge on any atom is -0.366 e. The first-order valence-corrected chi connectivity index (χ1v) is 4.51. The molecular formula is C10H4F6N2O. The number of hydrogen-bond acceptors (Lipinski definition) is 2. The molecule has 0 heterocycles. The van der Waals surface area contributed by atoms with Crippen molar-refractivity contribution in [3.63, 3.8) is 0 Å². The molecule has 0 saturated heterocycles. The van der Waals surface area contributed by atoms with E-state index in [1.165, 1.54) is 0 Å². The summed E-state index contributed by atoms with van der Waals surface area (Å²) in [5, 5.41) is 8.53. The van der Waals surface area contributed by atoms with E-state index in [2.05, 4.69) is 5.73 Å². The Morgan fingerprint density at radius 2 is 1.63 bits per heavy atom. The number of carbonyl (C=O) groups excluding carboxylic acids is 1. The van der Waals surface area contributed by atoms with Gasteiger partial charge in [-0.1, -0.05) is 0 Å². The molecule has 0 saturated carbocycles. The molecule has 0 fully saturated rings. The summed E-state index contributed by atoms with van der Waals surface area (Å²) in [4.78, 5) is 10.8. The zero-order chi connectivity index (χ0) is 15.0. The van der Waals surface area contributed by atoms with Crippen molar-refractivity contribution in [2.45, 2.75) is 12.4 Å². The highest BCUT2D eigenvalue weighted by Crippen LogP contribution is 2.40. The Kier molecular flexibility index (Phi) is 3.48. The quantitative estimate of drug-likeness (QED) is 0.805. The van der Waals surface area contributed by atoms with Gasteiger partial charge in [-0.2, -0.15) is 31.6 Å². The number of alkyl halides is 6. The number of primary amides is 1. The van der Waals surface area contributed by atoms with E-state index in [0.29, 0.717) is 6.07 Å². The summed E-state index contributed by atoms with van der Waals surface area (Å²) in [5.74, 6) is -1.57. The second-order valence-corrected chi connectivity index (χ2v) is 3.38. The first-order valence-electron chi connectivity index (χ1n) is 4.51. The number of halogens is 6. The van der Waals surface area contributed by atoms with Crippen molar-refractivity contribution in [2.75, 3.05) is 0 Å². The molecule has 0 atom stereocenters. The fraction of sp³-hybridized carbons (Fsp3) is 0.200. The molecule has 102 valence electrons. The molecule has 0 bridgehead atoms. The second kappa shape index (κ2) is 4.46. The van der Waals surface area contributed by atoms with Crippen LogP contribution in [0.2, 0.25) is 0 Å². The average molecular weight is 282 g/mol. The second-order valence-electron chi connectivity index (χ2n) is 3.38. The van der Waals surface area contributed by atoms with Gasteiger partial charge in [0.15, 0.2) is 0 Å². The predicted octanol–water partition coefficient (Wildman–Crippen LogP) is 2.69. The Morgan fingerprint density at radius 3 is 1.95 bits per heavy atom. The Balaban J connectivity index is 3.82. The molecule has 1 aromatic rings. The zero-order valence-corrected chi connectivity index (χ0v) is 8.86. The average Bonchev–Trinajstić information content (AvgIpc) is 2.24. The summed E-state index contributed by atoms with van der Waals surface area (Å²) in [6.45, 7) is 0. The topological polar surface area (TPSA) is 66.9 Å². The fourth-order valence-electron chi connectivity index (χ4n) is 1.45. The largest absolute Gasteiger partial charge is 0.418 e. The molecule has 0 radical (unpaired) electrons. The Labute approximate surface area is 102 Å². The minimum atomic E-state index is -5.31. The smallest absolute Gasteiger partial charge is 0.366 e. The SMILES string of the molecule is N#Cc1c(C(F)(F)F)ccc(C(N)=O)c1C(F)(F)F. The molecule has 0 aliphatic carbocycles. The van der Waals surface area contributed by atoms with Crippen molar-refractivity contribution < 1.29 is 31.1 Å². The lowest BCUT2D eigenvalue weighted by atomic mass is 9.95. The van der Waals surface area contributed by atoms with Crippen LogP contribution in [0.15, 0.2) is 12.1 Å². The maximum Gasteiger partial charge on any atom is 0.418 e. The summed E-state index contributed by atoms with van der Waals surface area (Å²) < 4.78 is 75.6. The molecule has 1 rings (SSSR count). The monoisotopic (exact) mass is 282 g/mol. The van der Waals surface area contributed by atoms with Gasteiger partial charge in [0, 0.05) is 0 Å². The number of carbonyl (C=O) groups is 1. The van der Waals surface area contributed by atoms with E-state index in [1.54, 1.807) is 0 Å². The van der Waals surface area contributed by atoms with Crippen molar-refractivity contribution in [1.82, 2.24) is 0 Å². The van der Waals surface area contributed by atoms with Gasteiger partial charge < -0.3 is 5.73 Å². The summed E-state index contributed by atoms with van der Waals surface area (Å²) in [5.41, 5.74) is -1.93. The molecule has 19 heavy (non-hydrogen) atoms. The van der Waals surface area contributed by atoms with Crippen LogP contribution in [0.4, 0.5) is 26.3 Å². The van der Waals surface area contributed by atoms with Crippen molar-refractivity contribution in [3.8, 4) is 6.07 Å². The van der Waals surface area contributed by atoms with Gasteiger partial charge in [-0.25, -0.2) is 0 Å². The van der Waals surface area contributed by atoms with Crippen LogP contribution in [0, 0.1) is 11.3 Å². The maximum atomic E-state index is 12.7. The normalized spacial score (nSPS) is 12.1. The van der Waals surface area contributed by atoms with Gasteiger partial charge >= 0.3 is 12.4 Å². The molecule has 1 aromatic carbocycles. The van der Waals surface area contributed by atoms with E-state index in [1.807, 2.05) is 0 Å². The first kappa shape index (κ1) is 14.8. The third-order valence-electron chi connectivity index (χ3n) is 2.17. The molecule has 1 amide bonds. The molecule has 2 N–H and O–H groups in total. The number of rotatable bonds is 1. The van der Waals surface area contributed by atoms with Crippen LogP contribution in [-0.2, 0) is 12.4 Å².